The number of anilines is 7. The average Bonchev–Trinajstić information content (AvgIpc) is 3.98. The van der Waals surface area contributed by atoms with Gasteiger partial charge in [-0.25, -0.2) is 4.79 Å². The van der Waals surface area contributed by atoms with Gasteiger partial charge in [0, 0.05) is 81.6 Å². The van der Waals surface area contributed by atoms with Crippen molar-refractivity contribution in [1.29, 1.82) is 0 Å². The quantitative estimate of drug-likeness (QED) is 0.0445. The third kappa shape index (κ3) is 10.7. The standard InChI is InChI=1S/C62H63N11O7/c1-7-71(48-27-30-52-54(34-48)59(77)67-65-57(52)75)46-21-13-40(14-22-46)51(39-11-19-44(20-12-39)69(3)4)10-9-33-62(41-15-23-45(24-16-41)70(5)6,64-43-36-63-61(79)73(37-43)56-32-29-50(38-74)80-56)42-17-25-47(26-18-42)72(8-2)49-28-31-53-55(35-49)60(78)68-66-58(53)76/h9-28,30-31,33-37,50,56,64,74H,7-8,29,32,38H2,1-6H3,(H,65,75)(H,66,76)(H,67,77)(H,68,78)/b33-9+,51-10-. The Balaban J connectivity index is 1.12. The van der Waals surface area contributed by atoms with E-state index in [1.807, 2.05) is 89.4 Å². The molecule has 18 nitrogen and oxygen atoms in total. The van der Waals surface area contributed by atoms with Crippen LogP contribution < -0.4 is 52.8 Å². The van der Waals surface area contributed by atoms with Gasteiger partial charge in [0.2, 0.25) is 0 Å². The molecule has 1 saturated heterocycles. The lowest BCUT2D eigenvalue weighted by Gasteiger charge is -2.35. The Kier molecular flexibility index (Phi) is 15.4. The van der Waals surface area contributed by atoms with Gasteiger partial charge in [-0.05, 0) is 139 Å². The Hall–Kier alpha value is -9.52. The van der Waals surface area contributed by atoms with Gasteiger partial charge in [0.15, 0.2) is 0 Å². The maximum Gasteiger partial charge on any atom is 0.349 e. The largest absolute Gasteiger partial charge is 0.394 e. The van der Waals surface area contributed by atoms with Crippen molar-refractivity contribution in [1.82, 2.24) is 29.9 Å². The number of benzene rings is 6. The fraction of sp³-hybridized carbons (Fsp3) is 0.226. The highest BCUT2D eigenvalue weighted by molar-refractivity contribution is 5.87. The van der Waals surface area contributed by atoms with Gasteiger partial charge < -0.3 is 34.8 Å². The van der Waals surface area contributed by atoms with Crippen LogP contribution in [0, 0.1) is 0 Å². The number of allylic oxidation sites excluding steroid dienone is 2. The Labute approximate surface area is 460 Å². The Bertz CT molecular complexity index is 4070. The molecule has 0 aliphatic carbocycles. The summed E-state index contributed by atoms with van der Waals surface area (Å²) in [6.45, 7) is 5.02. The minimum absolute atomic E-state index is 0.159. The van der Waals surface area contributed by atoms with Crippen molar-refractivity contribution in [3.8, 4) is 0 Å². The lowest BCUT2D eigenvalue weighted by Crippen LogP contribution is -2.36. The summed E-state index contributed by atoms with van der Waals surface area (Å²) in [6, 6.07) is 43.5. The summed E-state index contributed by atoms with van der Waals surface area (Å²) < 4.78 is 7.58. The van der Waals surface area contributed by atoms with Crippen molar-refractivity contribution in [2.75, 3.05) is 72.8 Å². The van der Waals surface area contributed by atoms with Crippen molar-refractivity contribution in [3.05, 3.63) is 238 Å². The highest BCUT2D eigenvalue weighted by Crippen LogP contribution is 2.40. The van der Waals surface area contributed by atoms with E-state index in [1.54, 1.807) is 30.5 Å². The highest BCUT2D eigenvalue weighted by Gasteiger charge is 2.34. The Morgan fingerprint density at radius 1 is 0.613 bits per heavy atom. The van der Waals surface area contributed by atoms with Crippen LogP contribution in [0.25, 0.3) is 27.1 Å². The second kappa shape index (κ2) is 22.8. The average molecular weight is 1070 g/mol. The zero-order chi connectivity index (χ0) is 56.2. The van der Waals surface area contributed by atoms with Crippen LogP contribution in [0.1, 0.15) is 55.2 Å². The molecule has 408 valence electrons. The molecular formula is C62H63N11O7. The normalized spacial score (nSPS) is 15.3. The minimum atomic E-state index is -1.15. The van der Waals surface area contributed by atoms with Crippen molar-refractivity contribution >= 4 is 66.9 Å². The molecule has 0 spiro atoms. The maximum atomic E-state index is 13.5. The summed E-state index contributed by atoms with van der Waals surface area (Å²) in [4.78, 5) is 77.0. The van der Waals surface area contributed by atoms with Crippen LogP contribution in [0.5, 0.6) is 0 Å². The van der Waals surface area contributed by atoms with Gasteiger partial charge in [0.05, 0.1) is 46.1 Å². The van der Waals surface area contributed by atoms with E-state index in [-0.39, 0.29) is 28.7 Å². The predicted molar refractivity (Wildman–Crippen MR) is 320 cm³/mol. The monoisotopic (exact) mass is 1070 g/mol. The van der Waals surface area contributed by atoms with Gasteiger partial charge >= 0.3 is 5.69 Å². The summed E-state index contributed by atoms with van der Waals surface area (Å²) in [5.74, 6) is 0. The SMILES string of the molecule is CCN(c1ccc(/C(=C\C=C\C(Nc2cnc(=O)n(C3CCC(CO)O3)c2)(c2ccc(N(C)C)cc2)c2ccc(N(CC)c3ccc4c(=O)[nH][nH]c(=O)c4c3)cc2)c2ccc(N(C)C)cc2)cc1)c1ccc2c(=O)[nH][nH]c(=O)c2c1. The zero-order valence-electron chi connectivity index (χ0n) is 45.4. The second-order valence-electron chi connectivity index (χ2n) is 20.1. The van der Waals surface area contributed by atoms with E-state index in [1.165, 1.54) is 10.8 Å². The van der Waals surface area contributed by atoms with Crippen LogP contribution in [0.2, 0.25) is 0 Å². The number of aromatic amines is 4. The summed E-state index contributed by atoms with van der Waals surface area (Å²) >= 11 is 0. The van der Waals surface area contributed by atoms with E-state index in [4.69, 9.17) is 4.74 Å². The molecule has 18 heteroatoms. The first-order chi connectivity index (χ1) is 38.7. The molecule has 0 saturated carbocycles. The predicted octanol–water partition coefficient (Wildman–Crippen LogP) is 8.46. The third-order valence-corrected chi connectivity index (χ3v) is 14.8. The number of aromatic nitrogens is 6. The molecule has 10 rings (SSSR count). The fourth-order valence-corrected chi connectivity index (χ4v) is 10.5. The number of fused-ring (bicyclic) bond motifs is 2. The number of hydrogen-bond acceptors (Lipinski definition) is 13. The van der Waals surface area contributed by atoms with Gasteiger partial charge in [0.1, 0.15) is 11.8 Å². The maximum absolute atomic E-state index is 13.5. The molecule has 3 aromatic heterocycles. The molecule has 0 radical (unpaired) electrons. The number of H-pyrrole nitrogens is 4. The van der Waals surface area contributed by atoms with E-state index >= 15 is 0 Å². The number of hydrogen-bond donors (Lipinski definition) is 6. The smallest absolute Gasteiger partial charge is 0.349 e. The topological polar surface area (TPSA) is 221 Å². The van der Waals surface area contributed by atoms with Crippen molar-refractivity contribution < 1.29 is 9.84 Å². The van der Waals surface area contributed by atoms with Gasteiger partial charge in [-0.3, -0.25) is 44.1 Å². The summed E-state index contributed by atoms with van der Waals surface area (Å²) in [6.07, 6.45) is 9.59. The van der Waals surface area contributed by atoms with Crippen molar-refractivity contribution in [3.63, 3.8) is 0 Å². The van der Waals surface area contributed by atoms with Crippen LogP contribution in [-0.4, -0.2) is 89.0 Å². The molecule has 1 aliphatic heterocycles. The van der Waals surface area contributed by atoms with E-state index in [9.17, 15) is 29.1 Å². The molecule has 80 heavy (non-hydrogen) atoms. The van der Waals surface area contributed by atoms with Crippen molar-refractivity contribution in [2.24, 2.45) is 0 Å². The molecule has 0 bridgehead atoms. The summed E-state index contributed by atoms with van der Waals surface area (Å²) in [7, 11) is 7.98. The first-order valence-electron chi connectivity index (χ1n) is 26.5. The first-order valence-corrected chi connectivity index (χ1v) is 26.5. The van der Waals surface area contributed by atoms with Gasteiger partial charge in [-0.15, -0.1) is 0 Å². The van der Waals surface area contributed by atoms with E-state index in [0.717, 1.165) is 62.0 Å². The van der Waals surface area contributed by atoms with Gasteiger partial charge in [-0.1, -0.05) is 66.8 Å². The summed E-state index contributed by atoms with van der Waals surface area (Å²) in [5.41, 5.74) is 7.12. The van der Waals surface area contributed by atoms with E-state index in [0.29, 0.717) is 47.8 Å². The number of rotatable bonds is 18. The number of aliphatic hydroxyl groups is 1. The molecule has 0 amide bonds. The van der Waals surface area contributed by atoms with Crippen LogP contribution in [0.15, 0.2) is 188 Å². The number of aliphatic hydroxyl groups excluding tert-OH is 1. The Morgan fingerprint density at radius 3 is 1.50 bits per heavy atom. The van der Waals surface area contributed by atoms with Crippen LogP contribution in [0.4, 0.5) is 39.8 Å². The van der Waals surface area contributed by atoms with Crippen molar-refractivity contribution in [2.45, 2.75) is 44.6 Å². The Morgan fingerprint density at radius 2 is 1.05 bits per heavy atom. The van der Waals surface area contributed by atoms with Crippen LogP contribution in [-0.2, 0) is 10.3 Å². The molecule has 4 heterocycles. The number of nitrogens with one attached hydrogen (secondary N) is 5. The number of nitrogens with zero attached hydrogens (tertiary/aromatic N) is 6. The van der Waals surface area contributed by atoms with E-state index in [2.05, 4.69) is 130 Å². The third-order valence-electron chi connectivity index (χ3n) is 14.8. The molecule has 6 aromatic carbocycles. The highest BCUT2D eigenvalue weighted by atomic mass is 16.5. The first kappa shape index (κ1) is 53.9. The van der Waals surface area contributed by atoms with Crippen LogP contribution in [0.3, 0.4) is 0 Å². The molecule has 1 aliphatic rings. The molecular weight excluding hydrogens is 1010 g/mol. The molecule has 3 atom stereocenters. The molecule has 9 aromatic rings. The lowest BCUT2D eigenvalue weighted by molar-refractivity contribution is -0.0245. The molecule has 6 N–H and O–H groups in total. The van der Waals surface area contributed by atoms with Gasteiger partial charge in [0.25, 0.3) is 22.2 Å². The summed E-state index contributed by atoms with van der Waals surface area (Å²) in [5, 5.41) is 24.7. The second-order valence-corrected chi connectivity index (χ2v) is 20.1. The molecule has 3 unspecified atom stereocenters. The lowest BCUT2D eigenvalue weighted by atomic mass is 9.81. The number of ether oxygens (including phenoxy) is 1. The molecule has 1 fully saturated rings. The fourth-order valence-electron chi connectivity index (χ4n) is 10.5. The zero-order valence-corrected chi connectivity index (χ0v) is 45.4. The minimum Gasteiger partial charge on any atom is -0.394 e. The van der Waals surface area contributed by atoms with Gasteiger partial charge in [-0.2, -0.15) is 4.98 Å². The van der Waals surface area contributed by atoms with E-state index < -0.39 is 29.1 Å². The van der Waals surface area contributed by atoms with Crippen LogP contribution >= 0.6 is 0 Å².